The summed E-state index contributed by atoms with van der Waals surface area (Å²) in [4.78, 5) is 14.7. The molecule has 1 atom stereocenters. The van der Waals surface area contributed by atoms with Crippen LogP contribution in [0.5, 0.6) is 0 Å². The standard InChI is InChI=1S/C15H25N3O2/c1-11(2)17-6-7-20-14(9-17)10-18-12(3)4-5-13(8-16)15(18)19/h4-5,11,14H,6-10,16H2,1-3H3. The van der Waals surface area contributed by atoms with Crippen LogP contribution in [0.15, 0.2) is 16.9 Å². The molecule has 0 amide bonds. The van der Waals surface area contributed by atoms with Crippen LogP contribution in [-0.2, 0) is 17.8 Å². The van der Waals surface area contributed by atoms with Gasteiger partial charge in [0.1, 0.15) is 0 Å². The van der Waals surface area contributed by atoms with Crippen molar-refractivity contribution in [2.45, 2.75) is 46.0 Å². The lowest BCUT2D eigenvalue weighted by atomic mass is 10.2. The summed E-state index contributed by atoms with van der Waals surface area (Å²) in [6.07, 6.45) is 0.0653. The van der Waals surface area contributed by atoms with E-state index in [1.165, 1.54) is 0 Å². The number of ether oxygens (including phenoxy) is 1. The largest absolute Gasteiger partial charge is 0.374 e. The van der Waals surface area contributed by atoms with E-state index >= 15 is 0 Å². The molecule has 2 rings (SSSR count). The SMILES string of the molecule is Cc1ccc(CN)c(=O)n1CC1CN(C(C)C)CCO1. The number of aryl methyl sites for hydroxylation is 1. The molecule has 5 nitrogen and oxygen atoms in total. The van der Waals surface area contributed by atoms with Crippen molar-refractivity contribution < 1.29 is 4.74 Å². The molecule has 1 aliphatic rings. The normalized spacial score (nSPS) is 20.6. The Morgan fingerprint density at radius 3 is 2.85 bits per heavy atom. The molecule has 20 heavy (non-hydrogen) atoms. The lowest BCUT2D eigenvalue weighted by molar-refractivity contribution is -0.0462. The lowest BCUT2D eigenvalue weighted by Crippen LogP contribution is -2.48. The van der Waals surface area contributed by atoms with Crippen molar-refractivity contribution in [1.29, 1.82) is 0 Å². The molecule has 1 saturated heterocycles. The molecule has 1 aliphatic heterocycles. The van der Waals surface area contributed by atoms with Crippen molar-refractivity contribution in [3.8, 4) is 0 Å². The predicted molar refractivity (Wildman–Crippen MR) is 79.8 cm³/mol. The summed E-state index contributed by atoms with van der Waals surface area (Å²) in [7, 11) is 0. The van der Waals surface area contributed by atoms with Gasteiger partial charge in [0.2, 0.25) is 0 Å². The van der Waals surface area contributed by atoms with Crippen molar-refractivity contribution in [1.82, 2.24) is 9.47 Å². The molecule has 1 aromatic heterocycles. The van der Waals surface area contributed by atoms with E-state index in [1.54, 1.807) is 4.57 Å². The van der Waals surface area contributed by atoms with E-state index in [2.05, 4.69) is 18.7 Å². The minimum Gasteiger partial charge on any atom is -0.374 e. The average Bonchev–Trinajstić information content (AvgIpc) is 2.44. The second-order valence-electron chi connectivity index (χ2n) is 5.70. The number of nitrogens with zero attached hydrogens (tertiary/aromatic N) is 2. The number of hydrogen-bond donors (Lipinski definition) is 1. The Morgan fingerprint density at radius 1 is 1.45 bits per heavy atom. The summed E-state index contributed by atoms with van der Waals surface area (Å²) in [5.74, 6) is 0. The van der Waals surface area contributed by atoms with Crippen LogP contribution in [0, 0.1) is 6.92 Å². The third-order valence-electron chi connectivity index (χ3n) is 3.98. The maximum atomic E-state index is 12.3. The van der Waals surface area contributed by atoms with E-state index in [1.807, 2.05) is 19.1 Å². The fourth-order valence-corrected chi connectivity index (χ4v) is 2.62. The van der Waals surface area contributed by atoms with Crippen LogP contribution in [0.3, 0.4) is 0 Å². The maximum Gasteiger partial charge on any atom is 0.255 e. The maximum absolute atomic E-state index is 12.3. The van der Waals surface area contributed by atoms with Crippen molar-refractivity contribution in [3.05, 3.63) is 33.7 Å². The summed E-state index contributed by atoms with van der Waals surface area (Å²) in [6, 6.07) is 4.28. The minimum absolute atomic E-state index is 0.0118. The Hall–Kier alpha value is -1.17. The van der Waals surface area contributed by atoms with Crippen molar-refractivity contribution in [2.75, 3.05) is 19.7 Å². The van der Waals surface area contributed by atoms with E-state index in [-0.39, 0.29) is 18.2 Å². The molecule has 2 N–H and O–H groups in total. The van der Waals surface area contributed by atoms with Crippen LogP contribution in [0.1, 0.15) is 25.1 Å². The van der Waals surface area contributed by atoms with Crippen molar-refractivity contribution >= 4 is 0 Å². The molecule has 0 aliphatic carbocycles. The fraction of sp³-hybridized carbons (Fsp3) is 0.667. The zero-order chi connectivity index (χ0) is 14.7. The lowest BCUT2D eigenvalue weighted by Gasteiger charge is -2.35. The number of pyridine rings is 1. The first-order valence-electron chi connectivity index (χ1n) is 7.28. The summed E-state index contributed by atoms with van der Waals surface area (Å²) in [5, 5.41) is 0. The fourth-order valence-electron chi connectivity index (χ4n) is 2.62. The molecule has 5 heteroatoms. The molecule has 0 saturated carbocycles. The second kappa shape index (κ2) is 6.52. The molecule has 0 radical (unpaired) electrons. The topological polar surface area (TPSA) is 60.5 Å². The van der Waals surface area contributed by atoms with Crippen molar-refractivity contribution in [3.63, 3.8) is 0 Å². The Bertz CT molecular complexity index is 510. The molecular formula is C15H25N3O2. The van der Waals surface area contributed by atoms with Gasteiger partial charge in [-0.1, -0.05) is 6.07 Å². The Labute approximate surface area is 120 Å². The second-order valence-corrected chi connectivity index (χ2v) is 5.70. The molecule has 112 valence electrons. The molecular weight excluding hydrogens is 254 g/mol. The first kappa shape index (κ1) is 15.2. The molecule has 0 bridgehead atoms. The molecule has 0 spiro atoms. The van der Waals surface area contributed by atoms with Crippen molar-refractivity contribution in [2.24, 2.45) is 5.73 Å². The van der Waals surface area contributed by atoms with Crippen LogP contribution in [0.25, 0.3) is 0 Å². The van der Waals surface area contributed by atoms with Gasteiger partial charge in [-0.15, -0.1) is 0 Å². The van der Waals surface area contributed by atoms with Crippen LogP contribution < -0.4 is 11.3 Å². The number of aromatic nitrogens is 1. The number of hydrogen-bond acceptors (Lipinski definition) is 4. The van der Waals surface area contributed by atoms with Gasteiger partial charge < -0.3 is 15.0 Å². The Balaban J connectivity index is 2.15. The van der Waals surface area contributed by atoms with Gasteiger partial charge in [-0.05, 0) is 26.8 Å². The third-order valence-corrected chi connectivity index (χ3v) is 3.98. The highest BCUT2D eigenvalue weighted by atomic mass is 16.5. The van der Waals surface area contributed by atoms with Gasteiger partial charge >= 0.3 is 0 Å². The quantitative estimate of drug-likeness (QED) is 0.882. The van der Waals surface area contributed by atoms with Gasteiger partial charge in [0, 0.05) is 36.9 Å². The van der Waals surface area contributed by atoms with Crippen LogP contribution >= 0.6 is 0 Å². The summed E-state index contributed by atoms with van der Waals surface area (Å²) < 4.78 is 7.60. The molecule has 1 unspecified atom stereocenters. The highest BCUT2D eigenvalue weighted by Gasteiger charge is 2.23. The number of nitrogens with two attached hydrogens (primary N) is 1. The van der Waals surface area contributed by atoms with Gasteiger partial charge in [-0.3, -0.25) is 9.69 Å². The van der Waals surface area contributed by atoms with Gasteiger partial charge in [0.15, 0.2) is 0 Å². The molecule has 2 heterocycles. The number of morpholine rings is 1. The Morgan fingerprint density at radius 2 is 2.20 bits per heavy atom. The van der Waals surface area contributed by atoms with E-state index in [0.29, 0.717) is 18.2 Å². The first-order chi connectivity index (χ1) is 9.52. The van der Waals surface area contributed by atoms with Crippen LogP contribution in [0.4, 0.5) is 0 Å². The van der Waals surface area contributed by atoms with E-state index in [0.717, 1.165) is 25.4 Å². The highest BCUT2D eigenvalue weighted by molar-refractivity contribution is 5.15. The number of rotatable bonds is 4. The van der Waals surface area contributed by atoms with Gasteiger partial charge in [0.25, 0.3) is 5.56 Å². The zero-order valence-electron chi connectivity index (χ0n) is 12.6. The summed E-state index contributed by atoms with van der Waals surface area (Å²) in [6.45, 7) is 9.77. The average molecular weight is 279 g/mol. The van der Waals surface area contributed by atoms with Gasteiger partial charge in [-0.2, -0.15) is 0 Å². The molecule has 1 aromatic rings. The Kier molecular flexibility index (Phi) is 4.96. The molecule has 1 fully saturated rings. The van der Waals surface area contributed by atoms with E-state index in [4.69, 9.17) is 10.5 Å². The first-order valence-corrected chi connectivity index (χ1v) is 7.28. The van der Waals surface area contributed by atoms with Crippen LogP contribution in [0.2, 0.25) is 0 Å². The highest BCUT2D eigenvalue weighted by Crippen LogP contribution is 2.11. The summed E-state index contributed by atoms with van der Waals surface area (Å²) in [5.41, 5.74) is 7.24. The zero-order valence-corrected chi connectivity index (χ0v) is 12.6. The van der Waals surface area contributed by atoms with Gasteiger partial charge in [0.05, 0.1) is 19.3 Å². The monoisotopic (exact) mass is 279 g/mol. The van der Waals surface area contributed by atoms with E-state index in [9.17, 15) is 4.79 Å². The smallest absolute Gasteiger partial charge is 0.255 e. The van der Waals surface area contributed by atoms with E-state index < -0.39 is 0 Å². The minimum atomic E-state index is 0.0118. The third kappa shape index (κ3) is 3.29. The van der Waals surface area contributed by atoms with Gasteiger partial charge in [-0.25, -0.2) is 0 Å². The van der Waals surface area contributed by atoms with Crippen LogP contribution in [-0.4, -0.2) is 41.3 Å². The summed E-state index contributed by atoms with van der Waals surface area (Å²) >= 11 is 0. The predicted octanol–water partition coefficient (Wildman–Crippen LogP) is 0.725. The molecule has 0 aromatic carbocycles.